The Morgan fingerprint density at radius 2 is 2.28 bits per heavy atom. The van der Waals surface area contributed by atoms with Gasteiger partial charge in [-0.2, -0.15) is 11.8 Å². The highest BCUT2D eigenvalue weighted by Gasteiger charge is 2.26. The molecule has 2 atom stereocenters. The zero-order valence-electron chi connectivity index (χ0n) is 11.3. The fourth-order valence-electron chi connectivity index (χ4n) is 2.37. The van der Waals surface area contributed by atoms with E-state index in [1.807, 2.05) is 27.1 Å². The van der Waals surface area contributed by atoms with E-state index < -0.39 is 0 Å². The molecule has 0 spiro atoms. The lowest BCUT2D eigenvalue weighted by Crippen LogP contribution is -2.26. The van der Waals surface area contributed by atoms with Crippen LogP contribution in [0.5, 0.6) is 5.75 Å². The van der Waals surface area contributed by atoms with E-state index in [1.54, 1.807) is 6.20 Å². The average Bonchev–Trinajstić information content (AvgIpc) is 2.83. The SMILES string of the molecule is CNC(c1cncc(OC(C)C)c1)C1CCCS1. The van der Waals surface area contributed by atoms with Gasteiger partial charge in [-0.15, -0.1) is 0 Å². The molecular weight excluding hydrogens is 244 g/mol. The molecule has 1 aromatic rings. The summed E-state index contributed by atoms with van der Waals surface area (Å²) in [6.07, 6.45) is 6.54. The number of hydrogen-bond acceptors (Lipinski definition) is 4. The van der Waals surface area contributed by atoms with E-state index in [1.165, 1.54) is 24.2 Å². The summed E-state index contributed by atoms with van der Waals surface area (Å²) < 4.78 is 5.72. The largest absolute Gasteiger partial charge is 0.489 e. The lowest BCUT2D eigenvalue weighted by atomic mass is 10.0. The van der Waals surface area contributed by atoms with Crippen molar-refractivity contribution in [3.63, 3.8) is 0 Å². The number of thioether (sulfide) groups is 1. The number of ether oxygens (including phenoxy) is 1. The van der Waals surface area contributed by atoms with Gasteiger partial charge in [0.05, 0.1) is 12.3 Å². The predicted molar refractivity (Wildman–Crippen MR) is 77.3 cm³/mol. The van der Waals surface area contributed by atoms with Crippen LogP contribution in [0, 0.1) is 0 Å². The van der Waals surface area contributed by atoms with Gasteiger partial charge in [0.1, 0.15) is 5.75 Å². The Hall–Kier alpha value is -0.740. The van der Waals surface area contributed by atoms with Gasteiger partial charge in [0.2, 0.25) is 0 Å². The van der Waals surface area contributed by atoms with Crippen LogP contribution in [0.3, 0.4) is 0 Å². The quantitative estimate of drug-likeness (QED) is 0.888. The Balaban J connectivity index is 2.14. The first-order valence-corrected chi connectivity index (χ1v) is 7.66. The fraction of sp³-hybridized carbons (Fsp3) is 0.643. The van der Waals surface area contributed by atoms with Crippen molar-refractivity contribution in [3.8, 4) is 5.75 Å². The van der Waals surface area contributed by atoms with E-state index in [0.717, 1.165) is 5.75 Å². The highest BCUT2D eigenvalue weighted by atomic mass is 32.2. The van der Waals surface area contributed by atoms with Gasteiger partial charge in [0.15, 0.2) is 0 Å². The summed E-state index contributed by atoms with van der Waals surface area (Å²) in [5.74, 6) is 2.14. The molecule has 0 radical (unpaired) electrons. The molecular formula is C14H22N2OS. The summed E-state index contributed by atoms with van der Waals surface area (Å²) in [5.41, 5.74) is 1.23. The number of aromatic nitrogens is 1. The molecule has 100 valence electrons. The molecule has 2 heterocycles. The first-order chi connectivity index (χ1) is 8.70. The molecule has 1 aliphatic heterocycles. The maximum absolute atomic E-state index is 5.72. The highest BCUT2D eigenvalue weighted by Crippen LogP contribution is 2.36. The Morgan fingerprint density at radius 1 is 1.44 bits per heavy atom. The number of nitrogens with zero attached hydrogens (tertiary/aromatic N) is 1. The second-order valence-electron chi connectivity index (χ2n) is 4.94. The lowest BCUT2D eigenvalue weighted by Gasteiger charge is -2.23. The van der Waals surface area contributed by atoms with E-state index >= 15 is 0 Å². The minimum absolute atomic E-state index is 0.191. The smallest absolute Gasteiger partial charge is 0.138 e. The van der Waals surface area contributed by atoms with Gasteiger partial charge in [-0.1, -0.05) is 0 Å². The van der Waals surface area contributed by atoms with Gasteiger partial charge in [-0.05, 0) is 51.1 Å². The third-order valence-electron chi connectivity index (χ3n) is 3.11. The molecule has 0 bridgehead atoms. The summed E-state index contributed by atoms with van der Waals surface area (Å²) in [5, 5.41) is 4.08. The molecule has 1 saturated heterocycles. The molecule has 1 fully saturated rings. The van der Waals surface area contributed by atoms with Crippen LogP contribution >= 0.6 is 11.8 Å². The first-order valence-electron chi connectivity index (χ1n) is 6.61. The van der Waals surface area contributed by atoms with E-state index in [4.69, 9.17) is 4.74 Å². The van der Waals surface area contributed by atoms with Gasteiger partial charge in [0.25, 0.3) is 0 Å². The van der Waals surface area contributed by atoms with Crippen molar-refractivity contribution in [2.75, 3.05) is 12.8 Å². The zero-order chi connectivity index (χ0) is 13.0. The molecule has 4 heteroatoms. The van der Waals surface area contributed by atoms with Crippen LogP contribution in [0.25, 0.3) is 0 Å². The topological polar surface area (TPSA) is 34.2 Å². The van der Waals surface area contributed by atoms with E-state index in [9.17, 15) is 0 Å². The van der Waals surface area contributed by atoms with Gasteiger partial charge in [0, 0.05) is 17.5 Å². The lowest BCUT2D eigenvalue weighted by molar-refractivity contribution is 0.241. The van der Waals surface area contributed by atoms with Crippen molar-refractivity contribution < 1.29 is 4.74 Å². The van der Waals surface area contributed by atoms with Crippen molar-refractivity contribution in [1.29, 1.82) is 0 Å². The van der Waals surface area contributed by atoms with Crippen molar-refractivity contribution in [2.45, 2.75) is 44.1 Å². The normalized spacial score (nSPS) is 21.2. The van der Waals surface area contributed by atoms with Gasteiger partial charge < -0.3 is 10.1 Å². The van der Waals surface area contributed by atoms with Crippen LogP contribution in [0.15, 0.2) is 18.5 Å². The number of pyridine rings is 1. The Labute approximate surface area is 114 Å². The maximum atomic E-state index is 5.72. The van der Waals surface area contributed by atoms with Crippen LogP contribution in [0.2, 0.25) is 0 Å². The third kappa shape index (κ3) is 3.39. The number of nitrogens with one attached hydrogen (secondary N) is 1. The summed E-state index contributed by atoms with van der Waals surface area (Å²) in [6, 6.07) is 2.49. The minimum Gasteiger partial charge on any atom is -0.489 e. The molecule has 2 rings (SSSR count). The Morgan fingerprint density at radius 3 is 2.89 bits per heavy atom. The fourth-order valence-corrected chi connectivity index (χ4v) is 3.83. The molecule has 18 heavy (non-hydrogen) atoms. The Bertz CT molecular complexity index is 378. The van der Waals surface area contributed by atoms with Gasteiger partial charge >= 0.3 is 0 Å². The highest BCUT2D eigenvalue weighted by molar-refractivity contribution is 8.00. The number of hydrogen-bond donors (Lipinski definition) is 1. The van der Waals surface area contributed by atoms with Crippen LogP contribution in [-0.4, -0.2) is 29.1 Å². The van der Waals surface area contributed by atoms with Gasteiger partial charge in [-0.3, -0.25) is 4.98 Å². The van der Waals surface area contributed by atoms with Crippen LogP contribution in [-0.2, 0) is 0 Å². The monoisotopic (exact) mass is 266 g/mol. The maximum Gasteiger partial charge on any atom is 0.138 e. The van der Waals surface area contributed by atoms with Crippen molar-refractivity contribution in [3.05, 3.63) is 24.0 Å². The van der Waals surface area contributed by atoms with Crippen molar-refractivity contribution in [2.24, 2.45) is 0 Å². The van der Waals surface area contributed by atoms with Crippen LogP contribution in [0.1, 0.15) is 38.3 Å². The van der Waals surface area contributed by atoms with Crippen LogP contribution < -0.4 is 10.1 Å². The first kappa shape index (κ1) is 13.7. The molecule has 0 aromatic carbocycles. The standard InChI is InChI=1S/C14H22N2OS/c1-10(2)17-12-7-11(8-16-9-12)14(15-3)13-5-4-6-18-13/h7-10,13-15H,4-6H2,1-3H3. The van der Waals surface area contributed by atoms with Crippen LogP contribution in [0.4, 0.5) is 0 Å². The number of rotatable bonds is 5. The molecule has 1 aromatic heterocycles. The Kier molecular flexibility index (Phi) is 4.89. The second kappa shape index (κ2) is 6.43. The van der Waals surface area contributed by atoms with E-state index in [-0.39, 0.29) is 6.10 Å². The zero-order valence-corrected chi connectivity index (χ0v) is 12.2. The average molecular weight is 266 g/mol. The second-order valence-corrected chi connectivity index (χ2v) is 6.29. The molecule has 0 amide bonds. The summed E-state index contributed by atoms with van der Waals surface area (Å²) in [7, 11) is 2.03. The molecule has 0 aliphatic carbocycles. The molecule has 2 unspecified atom stereocenters. The van der Waals surface area contributed by atoms with Crippen molar-refractivity contribution >= 4 is 11.8 Å². The van der Waals surface area contributed by atoms with Crippen molar-refractivity contribution in [1.82, 2.24) is 10.3 Å². The summed E-state index contributed by atoms with van der Waals surface area (Å²) in [4.78, 5) is 4.30. The van der Waals surface area contributed by atoms with E-state index in [2.05, 4.69) is 28.1 Å². The predicted octanol–water partition coefficient (Wildman–Crippen LogP) is 3.02. The molecule has 0 saturated carbocycles. The summed E-state index contributed by atoms with van der Waals surface area (Å²) >= 11 is 2.06. The van der Waals surface area contributed by atoms with E-state index in [0.29, 0.717) is 11.3 Å². The third-order valence-corrected chi connectivity index (χ3v) is 4.57. The van der Waals surface area contributed by atoms with Gasteiger partial charge in [-0.25, -0.2) is 0 Å². The molecule has 1 N–H and O–H groups in total. The summed E-state index contributed by atoms with van der Waals surface area (Å²) in [6.45, 7) is 4.07. The molecule has 3 nitrogen and oxygen atoms in total. The molecule has 1 aliphatic rings. The minimum atomic E-state index is 0.191.